The Morgan fingerprint density at radius 2 is 1.86 bits per heavy atom. The van der Waals surface area contributed by atoms with Crippen LogP contribution in [0, 0.1) is 11.7 Å². The second-order valence-electron chi connectivity index (χ2n) is 9.57. The van der Waals surface area contributed by atoms with Crippen LogP contribution in [-0.2, 0) is 9.53 Å². The van der Waals surface area contributed by atoms with Crippen LogP contribution in [-0.4, -0.2) is 62.2 Å². The van der Waals surface area contributed by atoms with Crippen molar-refractivity contribution >= 4 is 17.3 Å². The summed E-state index contributed by atoms with van der Waals surface area (Å²) < 4.78 is 56.3. The number of hydrogen-bond acceptors (Lipinski definition) is 6. The van der Waals surface area contributed by atoms with Crippen molar-refractivity contribution in [1.82, 2.24) is 0 Å². The smallest absolute Gasteiger partial charge is 0.345 e. The van der Waals surface area contributed by atoms with Gasteiger partial charge in [-0.15, -0.1) is 0 Å². The van der Waals surface area contributed by atoms with Crippen LogP contribution in [0.3, 0.4) is 0 Å². The second kappa shape index (κ2) is 11.9. The van der Waals surface area contributed by atoms with Crippen molar-refractivity contribution in [3.63, 3.8) is 0 Å². The molecule has 2 unspecified atom stereocenters. The molecule has 0 saturated carbocycles. The largest absolute Gasteiger partial charge is 0.494 e. The van der Waals surface area contributed by atoms with E-state index in [4.69, 9.17) is 9.47 Å². The number of nitrogens with zero attached hydrogens (tertiary/aromatic N) is 2. The number of aliphatic carboxylic acids is 1. The van der Waals surface area contributed by atoms with Crippen molar-refractivity contribution in [3.05, 3.63) is 48.3 Å². The highest BCUT2D eigenvalue weighted by atomic mass is 19.3. The van der Waals surface area contributed by atoms with E-state index in [9.17, 15) is 23.1 Å². The molecule has 1 N–H and O–H groups in total. The summed E-state index contributed by atoms with van der Waals surface area (Å²) in [6.07, 6.45) is -0.0217. The molecule has 2 heterocycles. The zero-order valence-electron chi connectivity index (χ0n) is 21.0. The van der Waals surface area contributed by atoms with Gasteiger partial charge in [0.1, 0.15) is 23.4 Å². The maximum Gasteiger partial charge on any atom is 0.345 e. The molecule has 2 aliphatic heterocycles. The summed E-state index contributed by atoms with van der Waals surface area (Å²) in [6, 6.07) is 11.6. The molecule has 0 aromatic heterocycles. The fourth-order valence-electron chi connectivity index (χ4n) is 5.23. The molecule has 0 bridgehead atoms. The van der Waals surface area contributed by atoms with Gasteiger partial charge in [-0.1, -0.05) is 6.92 Å². The predicted molar refractivity (Wildman–Crippen MR) is 133 cm³/mol. The van der Waals surface area contributed by atoms with Crippen LogP contribution < -0.4 is 19.3 Å². The van der Waals surface area contributed by atoms with E-state index in [-0.39, 0.29) is 37.2 Å². The number of alkyl halides is 2. The van der Waals surface area contributed by atoms with Crippen molar-refractivity contribution in [2.24, 2.45) is 5.92 Å². The number of hydrogen-bond donors (Lipinski definition) is 1. The summed E-state index contributed by atoms with van der Waals surface area (Å²) in [5, 5.41) is 9.24. The van der Waals surface area contributed by atoms with Crippen molar-refractivity contribution < 1.29 is 37.3 Å². The van der Waals surface area contributed by atoms with E-state index >= 15 is 0 Å². The van der Waals surface area contributed by atoms with Crippen LogP contribution in [0.4, 0.5) is 24.5 Å². The molecule has 0 aliphatic carbocycles. The van der Waals surface area contributed by atoms with Gasteiger partial charge in [0.25, 0.3) is 0 Å². The third-order valence-electron chi connectivity index (χ3n) is 6.93. The molecule has 4 rings (SSSR count). The average molecular weight is 523 g/mol. The molecule has 37 heavy (non-hydrogen) atoms. The van der Waals surface area contributed by atoms with Crippen molar-refractivity contribution in [1.29, 1.82) is 0 Å². The zero-order valence-corrected chi connectivity index (χ0v) is 21.0. The maximum absolute atomic E-state index is 14.5. The number of rotatable bonds is 10. The minimum Gasteiger partial charge on any atom is -0.494 e. The molecule has 10 heteroatoms. The molecule has 0 radical (unpaired) electrons. The zero-order chi connectivity index (χ0) is 26.5. The lowest BCUT2D eigenvalue weighted by molar-refractivity contribution is -0.157. The van der Waals surface area contributed by atoms with Gasteiger partial charge in [0.15, 0.2) is 0 Å². The van der Waals surface area contributed by atoms with E-state index in [1.54, 1.807) is 29.2 Å². The van der Waals surface area contributed by atoms with Gasteiger partial charge in [0, 0.05) is 49.8 Å². The lowest BCUT2D eigenvalue weighted by atomic mass is 9.95. The molecule has 7 nitrogen and oxygen atoms in total. The summed E-state index contributed by atoms with van der Waals surface area (Å²) in [7, 11) is 0. The fraction of sp³-hybridized carbons (Fsp3) is 0.519. The Balaban J connectivity index is 1.37. The van der Waals surface area contributed by atoms with E-state index < -0.39 is 24.7 Å². The van der Waals surface area contributed by atoms with Crippen LogP contribution in [0.5, 0.6) is 11.5 Å². The van der Waals surface area contributed by atoms with Gasteiger partial charge in [-0.05, 0) is 49.7 Å². The Bertz CT molecular complexity index is 1050. The molecule has 2 aliphatic rings. The molecule has 2 fully saturated rings. The highest BCUT2D eigenvalue weighted by Gasteiger charge is 2.36. The predicted octanol–water partition coefficient (Wildman–Crippen LogP) is 5.18. The van der Waals surface area contributed by atoms with Crippen LogP contribution in [0.2, 0.25) is 0 Å². The minimum atomic E-state index is -2.90. The molecule has 0 spiro atoms. The minimum absolute atomic E-state index is 0.0596. The number of piperidine rings is 1. The first-order chi connectivity index (χ1) is 17.7. The molecule has 2 aromatic rings. The maximum atomic E-state index is 14.5. The van der Waals surface area contributed by atoms with Crippen molar-refractivity contribution in [2.45, 2.75) is 58.0 Å². The first-order valence-corrected chi connectivity index (χ1v) is 12.6. The Hall–Kier alpha value is -3.14. The monoisotopic (exact) mass is 522 g/mol. The van der Waals surface area contributed by atoms with Gasteiger partial charge in [0.2, 0.25) is 0 Å². The van der Waals surface area contributed by atoms with Gasteiger partial charge < -0.3 is 29.1 Å². The van der Waals surface area contributed by atoms with E-state index in [2.05, 4.69) is 11.7 Å². The average Bonchev–Trinajstić information content (AvgIpc) is 3.22. The lowest BCUT2D eigenvalue weighted by Crippen LogP contribution is -2.44. The van der Waals surface area contributed by atoms with Gasteiger partial charge >= 0.3 is 12.6 Å². The highest BCUT2D eigenvalue weighted by Crippen LogP contribution is 2.33. The summed E-state index contributed by atoms with van der Waals surface area (Å²) in [5.74, 6) is 0.162. The number of carboxylic acid groups (broad SMARTS) is 1. The number of ether oxygens (including phenoxy) is 3. The quantitative estimate of drug-likeness (QED) is 0.461. The number of anilines is 2. The number of carbonyl (C=O) groups is 1. The third kappa shape index (κ3) is 6.80. The normalized spacial score (nSPS) is 23.9. The Labute approximate surface area is 214 Å². The van der Waals surface area contributed by atoms with E-state index in [1.165, 1.54) is 6.07 Å². The third-order valence-corrected chi connectivity index (χ3v) is 6.93. The Kier molecular flexibility index (Phi) is 8.68. The lowest BCUT2D eigenvalue weighted by Gasteiger charge is -2.38. The topological polar surface area (TPSA) is 71.5 Å². The van der Waals surface area contributed by atoms with Crippen LogP contribution in [0.1, 0.15) is 33.1 Å². The molecule has 2 aromatic carbocycles. The van der Waals surface area contributed by atoms with Crippen molar-refractivity contribution in [3.8, 4) is 11.5 Å². The van der Waals surface area contributed by atoms with Crippen LogP contribution in [0.15, 0.2) is 42.5 Å². The van der Waals surface area contributed by atoms with Gasteiger partial charge in [-0.3, -0.25) is 4.79 Å². The number of benzene rings is 2. The fourth-order valence-corrected chi connectivity index (χ4v) is 5.23. The van der Waals surface area contributed by atoms with Crippen molar-refractivity contribution in [2.75, 3.05) is 36.0 Å². The summed E-state index contributed by atoms with van der Waals surface area (Å²) in [4.78, 5) is 15.1. The summed E-state index contributed by atoms with van der Waals surface area (Å²) in [6.45, 7) is 3.03. The first kappa shape index (κ1) is 26.9. The van der Waals surface area contributed by atoms with Crippen LogP contribution in [0.25, 0.3) is 0 Å². The summed E-state index contributed by atoms with van der Waals surface area (Å²) >= 11 is 0. The van der Waals surface area contributed by atoms with Gasteiger partial charge in [-0.25, -0.2) is 4.39 Å². The van der Waals surface area contributed by atoms with Crippen LogP contribution >= 0.6 is 0 Å². The molecule has 202 valence electrons. The van der Waals surface area contributed by atoms with E-state index in [0.29, 0.717) is 43.3 Å². The van der Waals surface area contributed by atoms with E-state index in [0.717, 1.165) is 5.69 Å². The molecule has 0 amide bonds. The highest BCUT2D eigenvalue weighted by molar-refractivity contribution is 5.69. The molecule has 4 atom stereocenters. The molecule has 2 saturated heterocycles. The van der Waals surface area contributed by atoms with Gasteiger partial charge in [0.05, 0.1) is 24.8 Å². The Morgan fingerprint density at radius 3 is 2.51 bits per heavy atom. The molecular weight excluding hydrogens is 489 g/mol. The second-order valence-corrected chi connectivity index (χ2v) is 9.57. The first-order valence-electron chi connectivity index (χ1n) is 12.6. The van der Waals surface area contributed by atoms with Gasteiger partial charge in [-0.2, -0.15) is 8.78 Å². The summed E-state index contributed by atoms with van der Waals surface area (Å²) in [5.41, 5.74) is 1.25. The molecular formula is C27H33F3N2O5. The van der Waals surface area contributed by atoms with E-state index in [1.807, 2.05) is 24.0 Å². The number of halogens is 3. The Morgan fingerprint density at radius 1 is 1.14 bits per heavy atom. The SMILES string of the molecule is CCOc1ccc(F)c(N2CCC(Oc3ccc(N4C[C@H](OC(F)F)C[C@@H]4CC(=O)O)cc3)C(C)C2)c1. The standard InChI is InChI=1S/C27H33F3N2O5/c1-3-35-21-8-9-23(28)24(14-21)31-11-10-25(17(2)15-31)36-20-6-4-18(5-7-20)32-16-22(37-27(29)30)12-19(32)13-26(33)34/h4-9,14,17,19,22,25,27H,3,10-13,15-16H2,1-2H3,(H,33,34)/t17?,19-,22-,25?/m1/s1. The number of carboxylic acids is 1.